The van der Waals surface area contributed by atoms with Crippen molar-refractivity contribution in [3.8, 4) is 0 Å². The minimum Gasteiger partial charge on any atom is -0.378 e. The molecule has 1 N–H and O–H groups in total. The average molecular weight is 269 g/mol. The number of urea groups is 1. The van der Waals surface area contributed by atoms with Crippen molar-refractivity contribution < 1.29 is 19.1 Å². The molecule has 0 radical (unpaired) electrons. The summed E-state index contributed by atoms with van der Waals surface area (Å²) in [5.74, 6) is -0.547. The summed E-state index contributed by atoms with van der Waals surface area (Å²) >= 11 is 0. The van der Waals surface area contributed by atoms with E-state index < -0.39 is 11.6 Å². The van der Waals surface area contributed by atoms with Gasteiger partial charge in [0.05, 0.1) is 13.2 Å². The van der Waals surface area contributed by atoms with Crippen LogP contribution in [0.1, 0.15) is 20.3 Å². The first-order valence-electron chi connectivity index (χ1n) is 6.47. The third kappa shape index (κ3) is 2.56. The largest absolute Gasteiger partial charge is 0.378 e. The fourth-order valence-corrected chi connectivity index (χ4v) is 2.18. The van der Waals surface area contributed by atoms with Crippen LogP contribution in [0.3, 0.4) is 0 Å². The molecule has 0 bridgehead atoms. The van der Waals surface area contributed by atoms with E-state index in [1.165, 1.54) is 0 Å². The first kappa shape index (κ1) is 13.8. The fourth-order valence-electron chi connectivity index (χ4n) is 2.18. The Balaban J connectivity index is 2.00. The minimum atomic E-state index is -0.887. The quantitative estimate of drug-likeness (QED) is 0.705. The number of carbonyl (C=O) groups excluding carboxylic acids is 3. The number of amides is 4. The molecule has 2 rings (SSSR count). The van der Waals surface area contributed by atoms with Gasteiger partial charge >= 0.3 is 6.03 Å². The van der Waals surface area contributed by atoms with Crippen molar-refractivity contribution in [3.63, 3.8) is 0 Å². The van der Waals surface area contributed by atoms with Crippen molar-refractivity contribution in [2.75, 3.05) is 32.8 Å². The summed E-state index contributed by atoms with van der Waals surface area (Å²) in [4.78, 5) is 38.6. The molecule has 0 aromatic carbocycles. The van der Waals surface area contributed by atoms with Gasteiger partial charge < -0.3 is 15.0 Å². The van der Waals surface area contributed by atoms with E-state index in [1.54, 1.807) is 11.8 Å². The van der Waals surface area contributed by atoms with Crippen LogP contribution in [0.5, 0.6) is 0 Å². The van der Waals surface area contributed by atoms with Gasteiger partial charge in [0.2, 0.25) is 5.91 Å². The van der Waals surface area contributed by atoms with Crippen LogP contribution < -0.4 is 5.32 Å². The van der Waals surface area contributed by atoms with Gasteiger partial charge in [0.1, 0.15) is 12.1 Å². The summed E-state index contributed by atoms with van der Waals surface area (Å²) in [7, 11) is 0. The number of rotatable bonds is 3. The van der Waals surface area contributed by atoms with E-state index in [4.69, 9.17) is 4.74 Å². The lowest BCUT2D eigenvalue weighted by atomic mass is 9.99. The van der Waals surface area contributed by atoms with Crippen molar-refractivity contribution in [1.29, 1.82) is 0 Å². The molecule has 0 saturated carbocycles. The highest BCUT2D eigenvalue weighted by Crippen LogP contribution is 2.20. The topological polar surface area (TPSA) is 79.0 Å². The number of carbonyl (C=O) groups is 3. The zero-order chi connectivity index (χ0) is 14.0. The zero-order valence-corrected chi connectivity index (χ0v) is 11.3. The minimum absolute atomic E-state index is 0.194. The van der Waals surface area contributed by atoms with Crippen LogP contribution in [0, 0.1) is 0 Å². The Labute approximate surface area is 111 Å². The maximum Gasteiger partial charge on any atom is 0.325 e. The van der Waals surface area contributed by atoms with Crippen LogP contribution in [0.15, 0.2) is 0 Å². The number of nitrogens with one attached hydrogen (secondary N) is 1. The van der Waals surface area contributed by atoms with Crippen LogP contribution in [0.25, 0.3) is 0 Å². The molecule has 2 saturated heterocycles. The Morgan fingerprint density at radius 3 is 2.53 bits per heavy atom. The number of hydrogen-bond acceptors (Lipinski definition) is 4. The normalized spacial score (nSPS) is 27.7. The van der Waals surface area contributed by atoms with Gasteiger partial charge in [0.25, 0.3) is 5.91 Å². The third-order valence-corrected chi connectivity index (χ3v) is 3.71. The van der Waals surface area contributed by atoms with Gasteiger partial charge in [0, 0.05) is 13.1 Å². The molecule has 7 nitrogen and oxygen atoms in total. The predicted octanol–water partition coefficient (Wildman–Crippen LogP) is -0.434. The van der Waals surface area contributed by atoms with Crippen molar-refractivity contribution >= 4 is 17.8 Å². The summed E-state index contributed by atoms with van der Waals surface area (Å²) in [6, 6.07) is -0.490. The van der Waals surface area contributed by atoms with Crippen LogP contribution in [-0.4, -0.2) is 66.0 Å². The maximum absolute atomic E-state index is 12.1. The van der Waals surface area contributed by atoms with E-state index in [0.29, 0.717) is 32.7 Å². The highest BCUT2D eigenvalue weighted by molar-refractivity contribution is 6.08. The lowest BCUT2D eigenvalue weighted by molar-refractivity contribution is -0.141. The molecule has 0 aromatic heterocycles. The SMILES string of the molecule is CCC1(C)NC(=O)N(CC(=O)N2CCOCC2)C1=O. The van der Waals surface area contributed by atoms with Gasteiger partial charge in [-0.1, -0.05) is 6.92 Å². The molecule has 0 aliphatic carbocycles. The molecule has 2 aliphatic heterocycles. The molecule has 7 heteroatoms. The highest BCUT2D eigenvalue weighted by Gasteiger charge is 2.47. The fraction of sp³-hybridized carbons (Fsp3) is 0.750. The van der Waals surface area contributed by atoms with Crippen molar-refractivity contribution in [2.45, 2.75) is 25.8 Å². The molecule has 1 atom stereocenters. The summed E-state index contributed by atoms with van der Waals surface area (Å²) < 4.78 is 5.16. The van der Waals surface area contributed by atoms with Crippen molar-refractivity contribution in [2.24, 2.45) is 0 Å². The van der Waals surface area contributed by atoms with E-state index in [0.717, 1.165) is 4.90 Å². The second-order valence-electron chi connectivity index (χ2n) is 5.00. The molecule has 2 aliphatic rings. The molecule has 2 heterocycles. The highest BCUT2D eigenvalue weighted by atomic mass is 16.5. The molecule has 19 heavy (non-hydrogen) atoms. The smallest absolute Gasteiger partial charge is 0.325 e. The van der Waals surface area contributed by atoms with E-state index >= 15 is 0 Å². The first-order valence-corrected chi connectivity index (χ1v) is 6.47. The molecular formula is C12H19N3O4. The summed E-state index contributed by atoms with van der Waals surface area (Å²) in [6.45, 7) is 5.32. The Kier molecular flexibility index (Phi) is 3.75. The summed E-state index contributed by atoms with van der Waals surface area (Å²) in [5, 5.41) is 2.63. The number of nitrogens with zero attached hydrogens (tertiary/aromatic N) is 2. The van der Waals surface area contributed by atoms with Gasteiger partial charge in [-0.3, -0.25) is 14.5 Å². The Hall–Kier alpha value is -1.63. The van der Waals surface area contributed by atoms with Crippen molar-refractivity contribution in [1.82, 2.24) is 15.1 Å². The molecular weight excluding hydrogens is 250 g/mol. The van der Waals surface area contributed by atoms with Gasteiger partial charge in [-0.25, -0.2) is 4.79 Å². The van der Waals surface area contributed by atoms with Gasteiger partial charge in [0.15, 0.2) is 0 Å². The second-order valence-corrected chi connectivity index (χ2v) is 5.00. The van der Waals surface area contributed by atoms with Crippen LogP contribution >= 0.6 is 0 Å². The number of imide groups is 1. The molecule has 2 fully saturated rings. The maximum atomic E-state index is 12.1. The van der Waals surface area contributed by atoms with Crippen LogP contribution in [-0.2, 0) is 14.3 Å². The lowest BCUT2D eigenvalue weighted by Gasteiger charge is -2.28. The average Bonchev–Trinajstić information content (AvgIpc) is 2.64. The third-order valence-electron chi connectivity index (χ3n) is 3.71. The van der Waals surface area contributed by atoms with Crippen molar-refractivity contribution in [3.05, 3.63) is 0 Å². The molecule has 0 aromatic rings. The Morgan fingerprint density at radius 2 is 2.00 bits per heavy atom. The summed E-state index contributed by atoms with van der Waals surface area (Å²) in [5.41, 5.74) is -0.887. The molecule has 1 unspecified atom stereocenters. The van der Waals surface area contributed by atoms with Gasteiger partial charge in [-0.2, -0.15) is 0 Å². The number of ether oxygens (including phenoxy) is 1. The Morgan fingerprint density at radius 1 is 1.37 bits per heavy atom. The van der Waals surface area contributed by atoms with Crippen LogP contribution in [0.4, 0.5) is 4.79 Å². The molecule has 0 spiro atoms. The van der Waals surface area contributed by atoms with Gasteiger partial charge in [-0.05, 0) is 13.3 Å². The zero-order valence-electron chi connectivity index (χ0n) is 11.3. The number of hydrogen-bond donors (Lipinski definition) is 1. The predicted molar refractivity (Wildman–Crippen MR) is 66.3 cm³/mol. The molecule has 4 amide bonds. The van der Waals surface area contributed by atoms with E-state index in [1.807, 2.05) is 6.92 Å². The van der Waals surface area contributed by atoms with E-state index in [2.05, 4.69) is 5.32 Å². The van der Waals surface area contributed by atoms with Crippen LogP contribution in [0.2, 0.25) is 0 Å². The standard InChI is InChI=1S/C12H19N3O4/c1-3-12(2)10(17)15(11(18)13-12)8-9(16)14-4-6-19-7-5-14/h3-8H2,1-2H3,(H,13,18). The van der Waals surface area contributed by atoms with Gasteiger partial charge in [-0.15, -0.1) is 0 Å². The number of morpholine rings is 1. The summed E-state index contributed by atoms with van der Waals surface area (Å²) in [6.07, 6.45) is 0.500. The lowest BCUT2D eigenvalue weighted by Crippen LogP contribution is -2.48. The van der Waals surface area contributed by atoms with E-state index in [-0.39, 0.29) is 18.4 Å². The first-order chi connectivity index (χ1) is 8.98. The second kappa shape index (κ2) is 5.16. The Bertz CT molecular complexity index is 406. The molecule has 106 valence electrons. The monoisotopic (exact) mass is 269 g/mol. The van der Waals surface area contributed by atoms with E-state index in [9.17, 15) is 14.4 Å².